The van der Waals surface area contributed by atoms with Crippen molar-refractivity contribution in [3.8, 4) is 5.75 Å². The van der Waals surface area contributed by atoms with Gasteiger partial charge in [0.25, 0.3) is 0 Å². The molecule has 2 aromatic carbocycles. The maximum absolute atomic E-state index is 13.6. The minimum atomic E-state index is -4.43. The van der Waals surface area contributed by atoms with Gasteiger partial charge < -0.3 is 19.6 Å². The fraction of sp³-hybridized carbons (Fsp3) is 0.462. The summed E-state index contributed by atoms with van der Waals surface area (Å²) in [5, 5.41) is 9.58. The molecule has 0 saturated carbocycles. The number of hydrogen-bond donors (Lipinski definition) is 1. The topological polar surface area (TPSA) is 73.3 Å². The SMILES string of the molecule is CN(C(=O)OC(C)(C)C)C(Cc1ccc(O)cc1)C(=O)N1CCN(c2cccc(C(F)(F)F)c2)CC1. The van der Waals surface area contributed by atoms with E-state index < -0.39 is 29.5 Å². The maximum atomic E-state index is 13.6. The van der Waals surface area contributed by atoms with Crippen LogP contribution in [0.25, 0.3) is 0 Å². The summed E-state index contributed by atoms with van der Waals surface area (Å²) in [5.74, 6) is -0.187. The van der Waals surface area contributed by atoms with Gasteiger partial charge in [-0.3, -0.25) is 9.69 Å². The quantitative estimate of drug-likeness (QED) is 0.644. The summed E-state index contributed by atoms with van der Waals surface area (Å²) < 4.78 is 44.8. The van der Waals surface area contributed by atoms with E-state index in [4.69, 9.17) is 4.74 Å². The molecule has 0 radical (unpaired) electrons. The van der Waals surface area contributed by atoms with Crippen LogP contribution >= 0.6 is 0 Å². The zero-order chi connectivity index (χ0) is 26.7. The van der Waals surface area contributed by atoms with E-state index >= 15 is 0 Å². The van der Waals surface area contributed by atoms with Crippen LogP contribution in [0.2, 0.25) is 0 Å². The van der Waals surface area contributed by atoms with Crippen molar-refractivity contribution in [2.45, 2.75) is 45.0 Å². The molecule has 1 aliphatic heterocycles. The first-order valence-corrected chi connectivity index (χ1v) is 11.7. The Hall–Kier alpha value is -3.43. The van der Waals surface area contributed by atoms with Crippen LogP contribution in [0.5, 0.6) is 5.75 Å². The zero-order valence-electron chi connectivity index (χ0n) is 20.9. The first-order chi connectivity index (χ1) is 16.7. The second-order valence-corrected chi connectivity index (χ2v) is 9.84. The van der Waals surface area contributed by atoms with Crippen LogP contribution in [0.3, 0.4) is 0 Å². The lowest BCUT2D eigenvalue weighted by Gasteiger charge is -2.39. The smallest absolute Gasteiger partial charge is 0.416 e. The normalized spacial score (nSPS) is 15.4. The standard InChI is InChI=1S/C26H32F3N3O4/c1-25(2,3)36-24(35)30(4)22(16-18-8-10-21(33)11-9-18)23(34)32-14-12-31(13-15-32)20-7-5-6-19(17-20)26(27,28)29/h5-11,17,22,33H,12-16H2,1-4H3. The van der Waals surface area contributed by atoms with Crippen LogP contribution in [0, 0.1) is 0 Å². The Morgan fingerprint density at radius 3 is 2.19 bits per heavy atom. The highest BCUT2D eigenvalue weighted by Crippen LogP contribution is 2.32. The average Bonchev–Trinajstić information content (AvgIpc) is 2.81. The third kappa shape index (κ3) is 7.05. The number of ether oxygens (including phenoxy) is 1. The van der Waals surface area contributed by atoms with Gasteiger partial charge in [-0.2, -0.15) is 13.2 Å². The molecule has 1 fully saturated rings. The van der Waals surface area contributed by atoms with Gasteiger partial charge in [-0.05, 0) is 56.7 Å². The van der Waals surface area contributed by atoms with E-state index in [9.17, 15) is 27.9 Å². The van der Waals surface area contributed by atoms with Crippen LogP contribution in [-0.4, -0.2) is 71.8 Å². The Bertz CT molecular complexity index is 1060. The molecule has 1 saturated heterocycles. The number of carbonyl (C=O) groups is 2. The largest absolute Gasteiger partial charge is 0.508 e. The third-order valence-corrected chi connectivity index (χ3v) is 5.93. The number of nitrogens with zero attached hydrogens (tertiary/aromatic N) is 3. The molecule has 2 aromatic rings. The number of halogens is 3. The summed E-state index contributed by atoms with van der Waals surface area (Å²) in [4.78, 5) is 31.1. The molecule has 1 unspecified atom stereocenters. The number of carbonyl (C=O) groups excluding carboxylic acids is 2. The van der Waals surface area contributed by atoms with Crippen molar-refractivity contribution in [2.24, 2.45) is 0 Å². The second-order valence-electron chi connectivity index (χ2n) is 9.84. The van der Waals surface area contributed by atoms with Gasteiger partial charge in [-0.25, -0.2) is 4.79 Å². The first kappa shape index (κ1) is 27.2. The van der Waals surface area contributed by atoms with Crippen molar-refractivity contribution in [1.82, 2.24) is 9.80 Å². The minimum absolute atomic E-state index is 0.0906. The summed E-state index contributed by atoms with van der Waals surface area (Å²) in [6.07, 6.45) is -4.85. The zero-order valence-corrected chi connectivity index (χ0v) is 20.9. The predicted molar refractivity (Wildman–Crippen MR) is 130 cm³/mol. The van der Waals surface area contributed by atoms with E-state index in [0.29, 0.717) is 31.9 Å². The summed E-state index contributed by atoms with van der Waals surface area (Å²) in [6.45, 7) is 6.52. The fourth-order valence-corrected chi connectivity index (χ4v) is 3.98. The van der Waals surface area contributed by atoms with E-state index in [0.717, 1.165) is 17.7 Å². The first-order valence-electron chi connectivity index (χ1n) is 11.7. The van der Waals surface area contributed by atoms with Crippen molar-refractivity contribution in [3.63, 3.8) is 0 Å². The van der Waals surface area contributed by atoms with Gasteiger partial charge in [0.1, 0.15) is 17.4 Å². The van der Waals surface area contributed by atoms with E-state index in [1.165, 1.54) is 30.1 Å². The number of hydrogen-bond acceptors (Lipinski definition) is 5. The number of aromatic hydroxyl groups is 1. The predicted octanol–water partition coefficient (Wildman–Crippen LogP) is 4.54. The highest BCUT2D eigenvalue weighted by Gasteiger charge is 2.35. The number of alkyl halides is 3. The molecule has 1 heterocycles. The lowest BCUT2D eigenvalue weighted by atomic mass is 10.0. The van der Waals surface area contributed by atoms with Gasteiger partial charge in [0.2, 0.25) is 5.91 Å². The number of rotatable bonds is 5. The lowest BCUT2D eigenvalue weighted by Crippen LogP contribution is -2.56. The molecule has 1 N–H and O–H groups in total. The Labute approximate surface area is 209 Å². The number of piperazine rings is 1. The highest BCUT2D eigenvalue weighted by atomic mass is 19.4. The summed E-state index contributed by atoms with van der Waals surface area (Å²) in [6, 6.07) is 10.7. The van der Waals surface area contributed by atoms with Crippen molar-refractivity contribution in [1.29, 1.82) is 0 Å². The molecule has 0 aromatic heterocycles. The average molecular weight is 508 g/mol. The van der Waals surface area contributed by atoms with Crippen LogP contribution in [-0.2, 0) is 22.1 Å². The molecule has 0 bridgehead atoms. The van der Waals surface area contributed by atoms with Crippen molar-refractivity contribution in [3.05, 3.63) is 59.7 Å². The highest BCUT2D eigenvalue weighted by molar-refractivity contribution is 5.86. The maximum Gasteiger partial charge on any atom is 0.416 e. The molecule has 0 spiro atoms. The van der Waals surface area contributed by atoms with Crippen LogP contribution < -0.4 is 4.90 Å². The summed E-state index contributed by atoms with van der Waals surface area (Å²) in [7, 11) is 1.51. The van der Waals surface area contributed by atoms with Crippen molar-refractivity contribution >= 4 is 17.7 Å². The minimum Gasteiger partial charge on any atom is -0.508 e. The van der Waals surface area contributed by atoms with E-state index in [-0.39, 0.29) is 18.1 Å². The van der Waals surface area contributed by atoms with Crippen molar-refractivity contribution < 1.29 is 32.6 Å². The Morgan fingerprint density at radius 2 is 1.64 bits per heavy atom. The molecule has 36 heavy (non-hydrogen) atoms. The summed E-state index contributed by atoms with van der Waals surface area (Å²) >= 11 is 0. The molecule has 1 aliphatic rings. The van der Waals surface area contributed by atoms with Gasteiger partial charge in [-0.15, -0.1) is 0 Å². The monoisotopic (exact) mass is 507 g/mol. The van der Waals surface area contributed by atoms with Gasteiger partial charge in [-0.1, -0.05) is 18.2 Å². The number of phenolic OH excluding ortho intramolecular Hbond substituents is 1. The van der Waals surface area contributed by atoms with Crippen LogP contribution in [0.1, 0.15) is 31.9 Å². The molecule has 7 nitrogen and oxygen atoms in total. The number of likely N-dealkylation sites (N-methyl/N-ethyl adjacent to an activating group) is 1. The fourth-order valence-electron chi connectivity index (χ4n) is 3.98. The second kappa shape index (κ2) is 10.7. The Morgan fingerprint density at radius 1 is 1.03 bits per heavy atom. The molecular weight excluding hydrogens is 475 g/mol. The molecule has 1 atom stereocenters. The molecule has 3 rings (SSSR count). The third-order valence-electron chi connectivity index (χ3n) is 5.93. The van der Waals surface area contributed by atoms with E-state index in [1.54, 1.807) is 43.9 Å². The van der Waals surface area contributed by atoms with Gasteiger partial charge >= 0.3 is 12.3 Å². The molecule has 10 heteroatoms. The van der Waals surface area contributed by atoms with E-state index in [2.05, 4.69) is 0 Å². The van der Waals surface area contributed by atoms with Gasteiger partial charge in [0.05, 0.1) is 5.56 Å². The molecular formula is C26H32F3N3O4. The van der Waals surface area contributed by atoms with Crippen LogP contribution in [0.4, 0.5) is 23.7 Å². The van der Waals surface area contributed by atoms with E-state index in [1.807, 2.05) is 4.90 Å². The van der Waals surface area contributed by atoms with Crippen LogP contribution in [0.15, 0.2) is 48.5 Å². The summed E-state index contributed by atoms with van der Waals surface area (Å²) in [5.41, 5.74) is -0.257. The van der Waals surface area contributed by atoms with Gasteiger partial charge in [0, 0.05) is 45.3 Å². The molecule has 196 valence electrons. The number of anilines is 1. The Kier molecular flexibility index (Phi) is 8.05. The molecule has 2 amide bonds. The lowest BCUT2D eigenvalue weighted by molar-refractivity contribution is -0.137. The number of phenols is 1. The Balaban J connectivity index is 1.74. The van der Waals surface area contributed by atoms with Gasteiger partial charge in [0.15, 0.2) is 0 Å². The van der Waals surface area contributed by atoms with Crippen molar-refractivity contribution in [2.75, 3.05) is 38.1 Å². The number of amides is 2. The molecule has 0 aliphatic carbocycles. The number of benzene rings is 2.